The summed E-state index contributed by atoms with van der Waals surface area (Å²) in [7, 11) is 0. The zero-order valence-corrected chi connectivity index (χ0v) is 14.0. The highest BCUT2D eigenvalue weighted by Crippen LogP contribution is 2.28. The molecule has 2 aromatic carbocycles. The highest BCUT2D eigenvalue weighted by atomic mass is 35.5. The van der Waals surface area contributed by atoms with Gasteiger partial charge in [-0.2, -0.15) is 0 Å². The van der Waals surface area contributed by atoms with E-state index in [1.807, 2.05) is 49.4 Å². The van der Waals surface area contributed by atoms with Crippen molar-refractivity contribution in [3.63, 3.8) is 0 Å². The number of hydrogen-bond donors (Lipinski definition) is 2. The Morgan fingerprint density at radius 2 is 1.96 bits per heavy atom. The van der Waals surface area contributed by atoms with Crippen LogP contribution < -0.4 is 10.6 Å². The Morgan fingerprint density at radius 3 is 2.67 bits per heavy atom. The van der Waals surface area contributed by atoms with Gasteiger partial charge in [0.2, 0.25) is 5.91 Å². The van der Waals surface area contributed by atoms with Crippen molar-refractivity contribution in [2.75, 3.05) is 18.4 Å². The lowest BCUT2D eigenvalue weighted by Crippen LogP contribution is -2.53. The van der Waals surface area contributed by atoms with Crippen LogP contribution in [0.2, 0.25) is 5.02 Å². The highest BCUT2D eigenvalue weighted by molar-refractivity contribution is 6.33. The Hall–Kier alpha value is -2.53. The van der Waals surface area contributed by atoms with Crippen LogP contribution >= 0.6 is 11.6 Å². The van der Waals surface area contributed by atoms with Gasteiger partial charge in [-0.1, -0.05) is 54.1 Å². The molecular formula is C18H18ClN3O2. The molecule has 1 heterocycles. The lowest BCUT2D eigenvalue weighted by molar-refractivity contribution is -0.127. The quantitative estimate of drug-likeness (QED) is 0.878. The van der Waals surface area contributed by atoms with Gasteiger partial charge in [0.15, 0.2) is 0 Å². The average Bonchev–Trinajstić information content (AvgIpc) is 2.58. The first-order valence-corrected chi connectivity index (χ1v) is 8.11. The number of hydrogen-bond acceptors (Lipinski definition) is 2. The third-order valence-electron chi connectivity index (χ3n) is 4.04. The van der Waals surface area contributed by atoms with E-state index < -0.39 is 6.04 Å². The Kier molecular flexibility index (Phi) is 4.71. The standard InChI is InChI=1S/C18H18ClN3O2/c1-12-6-5-9-14(19)15(12)21-18(24)22-11-10-20-17(23)16(22)13-7-3-2-4-8-13/h2-9,16H,10-11H2,1H3,(H,20,23)(H,21,24)/t16-/m1/s1. The van der Waals surface area contributed by atoms with E-state index in [9.17, 15) is 9.59 Å². The largest absolute Gasteiger partial charge is 0.352 e. The van der Waals surface area contributed by atoms with Crippen molar-refractivity contribution in [2.45, 2.75) is 13.0 Å². The van der Waals surface area contributed by atoms with Gasteiger partial charge in [0.1, 0.15) is 6.04 Å². The number of carbonyl (C=O) groups is 2. The Morgan fingerprint density at radius 1 is 1.21 bits per heavy atom. The number of benzene rings is 2. The minimum absolute atomic E-state index is 0.182. The molecule has 0 aliphatic carbocycles. The summed E-state index contributed by atoms with van der Waals surface area (Å²) in [5.41, 5.74) is 2.22. The van der Waals surface area contributed by atoms with E-state index >= 15 is 0 Å². The van der Waals surface area contributed by atoms with E-state index in [0.717, 1.165) is 11.1 Å². The van der Waals surface area contributed by atoms with Crippen LogP contribution in [0.15, 0.2) is 48.5 Å². The van der Waals surface area contributed by atoms with Gasteiger partial charge in [0, 0.05) is 13.1 Å². The van der Waals surface area contributed by atoms with Gasteiger partial charge in [-0.15, -0.1) is 0 Å². The van der Waals surface area contributed by atoms with Crippen molar-refractivity contribution >= 4 is 29.2 Å². The summed E-state index contributed by atoms with van der Waals surface area (Å²) in [6, 6.07) is 13.7. The summed E-state index contributed by atoms with van der Waals surface area (Å²) in [4.78, 5) is 26.7. The Labute approximate surface area is 145 Å². The number of urea groups is 1. The van der Waals surface area contributed by atoms with E-state index in [4.69, 9.17) is 11.6 Å². The molecule has 1 saturated heterocycles. The number of amides is 3. The molecule has 2 aromatic rings. The van der Waals surface area contributed by atoms with Gasteiger partial charge in [-0.05, 0) is 24.1 Å². The maximum atomic E-state index is 12.8. The minimum atomic E-state index is -0.650. The fraction of sp³-hybridized carbons (Fsp3) is 0.222. The van der Waals surface area contributed by atoms with E-state index in [1.54, 1.807) is 6.07 Å². The summed E-state index contributed by atoms with van der Waals surface area (Å²) in [6.45, 7) is 2.73. The average molecular weight is 344 g/mol. The lowest BCUT2D eigenvalue weighted by Gasteiger charge is -2.35. The van der Waals surface area contributed by atoms with Gasteiger partial charge in [0.05, 0.1) is 10.7 Å². The number of nitrogens with zero attached hydrogens (tertiary/aromatic N) is 1. The maximum absolute atomic E-state index is 12.8. The summed E-state index contributed by atoms with van der Waals surface area (Å²) in [6.07, 6.45) is 0. The van der Waals surface area contributed by atoms with Crippen molar-refractivity contribution in [2.24, 2.45) is 0 Å². The molecule has 5 nitrogen and oxygen atoms in total. The first-order valence-electron chi connectivity index (χ1n) is 7.73. The molecule has 1 aliphatic rings. The third-order valence-corrected chi connectivity index (χ3v) is 4.36. The van der Waals surface area contributed by atoms with Crippen molar-refractivity contribution in [3.8, 4) is 0 Å². The monoisotopic (exact) mass is 343 g/mol. The first-order chi connectivity index (χ1) is 11.6. The van der Waals surface area contributed by atoms with Crippen molar-refractivity contribution < 1.29 is 9.59 Å². The molecule has 3 amide bonds. The van der Waals surface area contributed by atoms with E-state index in [0.29, 0.717) is 23.8 Å². The van der Waals surface area contributed by atoms with E-state index in [1.165, 1.54) is 4.90 Å². The molecule has 124 valence electrons. The molecule has 0 radical (unpaired) electrons. The normalized spacial score (nSPS) is 17.3. The van der Waals surface area contributed by atoms with Crippen LogP contribution in [0, 0.1) is 6.92 Å². The maximum Gasteiger partial charge on any atom is 0.322 e. The lowest BCUT2D eigenvalue weighted by atomic mass is 10.0. The van der Waals surface area contributed by atoms with Crippen LogP contribution in [0.4, 0.5) is 10.5 Å². The molecule has 0 aromatic heterocycles. The summed E-state index contributed by atoms with van der Waals surface area (Å²) in [5, 5.41) is 6.13. The van der Waals surface area contributed by atoms with Crippen LogP contribution in [0.5, 0.6) is 0 Å². The molecule has 0 spiro atoms. The van der Waals surface area contributed by atoms with E-state index in [2.05, 4.69) is 10.6 Å². The highest BCUT2D eigenvalue weighted by Gasteiger charge is 2.34. The second-order valence-corrected chi connectivity index (χ2v) is 6.07. The molecule has 2 N–H and O–H groups in total. The number of aryl methyl sites for hydroxylation is 1. The molecule has 1 atom stereocenters. The fourth-order valence-electron chi connectivity index (χ4n) is 2.82. The van der Waals surface area contributed by atoms with Crippen molar-refractivity contribution in [1.82, 2.24) is 10.2 Å². The summed E-state index contributed by atoms with van der Waals surface area (Å²) < 4.78 is 0. The molecule has 0 unspecified atom stereocenters. The number of rotatable bonds is 2. The van der Waals surface area contributed by atoms with Gasteiger partial charge in [0.25, 0.3) is 0 Å². The second-order valence-electron chi connectivity index (χ2n) is 5.66. The number of nitrogens with one attached hydrogen (secondary N) is 2. The Balaban J connectivity index is 1.88. The number of carbonyl (C=O) groups excluding carboxylic acids is 2. The van der Waals surface area contributed by atoms with Crippen LogP contribution in [0.1, 0.15) is 17.2 Å². The molecule has 24 heavy (non-hydrogen) atoms. The van der Waals surface area contributed by atoms with Crippen LogP contribution in [0.25, 0.3) is 0 Å². The third kappa shape index (κ3) is 3.21. The second kappa shape index (κ2) is 6.93. The molecule has 0 bridgehead atoms. The van der Waals surface area contributed by atoms with Crippen molar-refractivity contribution in [1.29, 1.82) is 0 Å². The Bertz CT molecular complexity index is 744. The molecule has 0 saturated carbocycles. The van der Waals surface area contributed by atoms with Gasteiger partial charge in [-0.3, -0.25) is 4.79 Å². The number of para-hydroxylation sites is 1. The minimum Gasteiger partial charge on any atom is -0.352 e. The van der Waals surface area contributed by atoms with Crippen molar-refractivity contribution in [3.05, 3.63) is 64.7 Å². The smallest absolute Gasteiger partial charge is 0.322 e. The molecule has 3 rings (SSSR count). The molecular weight excluding hydrogens is 326 g/mol. The topological polar surface area (TPSA) is 61.4 Å². The van der Waals surface area contributed by atoms with Gasteiger partial charge < -0.3 is 15.5 Å². The van der Waals surface area contributed by atoms with E-state index in [-0.39, 0.29) is 11.9 Å². The molecule has 1 aliphatic heterocycles. The predicted molar refractivity (Wildman–Crippen MR) is 94.1 cm³/mol. The van der Waals surface area contributed by atoms with Gasteiger partial charge >= 0.3 is 6.03 Å². The SMILES string of the molecule is Cc1cccc(Cl)c1NC(=O)N1CCNC(=O)[C@H]1c1ccccc1. The summed E-state index contributed by atoms with van der Waals surface area (Å²) >= 11 is 6.18. The zero-order valence-electron chi connectivity index (χ0n) is 13.3. The van der Waals surface area contributed by atoms with Crippen LogP contribution in [0.3, 0.4) is 0 Å². The predicted octanol–water partition coefficient (Wildman–Crippen LogP) is 3.35. The summed E-state index contributed by atoms with van der Waals surface area (Å²) in [5.74, 6) is -0.182. The zero-order chi connectivity index (χ0) is 17.1. The van der Waals surface area contributed by atoms with Crippen LogP contribution in [-0.2, 0) is 4.79 Å². The number of anilines is 1. The van der Waals surface area contributed by atoms with Gasteiger partial charge in [-0.25, -0.2) is 4.79 Å². The van der Waals surface area contributed by atoms with Crippen LogP contribution in [-0.4, -0.2) is 29.9 Å². The first kappa shape index (κ1) is 16.3. The fourth-order valence-corrected chi connectivity index (χ4v) is 3.09. The number of piperazine rings is 1. The molecule has 1 fully saturated rings. The molecule has 6 heteroatoms. The number of halogens is 1.